The Bertz CT molecular complexity index is 1010. The van der Waals surface area contributed by atoms with E-state index in [1.807, 2.05) is 25.1 Å². The summed E-state index contributed by atoms with van der Waals surface area (Å²) in [6, 6.07) is 12.8. The van der Waals surface area contributed by atoms with E-state index < -0.39 is 5.56 Å². The molecule has 134 valence electrons. The van der Waals surface area contributed by atoms with Crippen molar-refractivity contribution >= 4 is 46.5 Å². The normalized spacial score (nSPS) is 10.7. The van der Waals surface area contributed by atoms with Crippen LogP contribution in [0, 0.1) is 6.92 Å². The van der Waals surface area contributed by atoms with E-state index in [-0.39, 0.29) is 5.82 Å². The minimum Gasteiger partial charge on any atom is -0.334 e. The fourth-order valence-electron chi connectivity index (χ4n) is 2.19. The van der Waals surface area contributed by atoms with Gasteiger partial charge in [0.05, 0.1) is 0 Å². The van der Waals surface area contributed by atoms with Gasteiger partial charge in [0.2, 0.25) is 11.0 Å². The van der Waals surface area contributed by atoms with Crippen LogP contribution in [-0.2, 0) is 5.75 Å². The lowest BCUT2D eigenvalue weighted by atomic mass is 10.2. The van der Waals surface area contributed by atoms with Crippen LogP contribution in [0.1, 0.15) is 11.1 Å². The lowest BCUT2D eigenvalue weighted by Gasteiger charge is -2.11. The highest BCUT2D eigenvalue weighted by molar-refractivity contribution is 7.98. The third-order valence-electron chi connectivity index (χ3n) is 3.70. The maximum absolute atomic E-state index is 12.5. The first-order valence-electron chi connectivity index (χ1n) is 7.60. The van der Waals surface area contributed by atoms with E-state index in [2.05, 4.69) is 15.5 Å². The number of halogens is 2. The average Bonchev–Trinajstić information content (AvgIpc) is 2.63. The molecule has 0 saturated heterocycles. The Morgan fingerprint density at radius 3 is 2.62 bits per heavy atom. The first-order chi connectivity index (χ1) is 12.5. The van der Waals surface area contributed by atoms with Crippen molar-refractivity contribution in [2.75, 3.05) is 11.2 Å². The van der Waals surface area contributed by atoms with Crippen LogP contribution in [0.5, 0.6) is 0 Å². The number of nitrogens with zero attached hydrogens (tertiary/aromatic N) is 3. The predicted octanol–water partition coefficient (Wildman–Crippen LogP) is 4.00. The van der Waals surface area contributed by atoms with Crippen molar-refractivity contribution in [2.24, 2.45) is 0 Å². The number of nitrogen functional groups attached to an aromatic ring is 1. The van der Waals surface area contributed by atoms with E-state index in [1.54, 1.807) is 24.3 Å². The number of aromatic nitrogens is 3. The molecule has 0 aliphatic rings. The largest absolute Gasteiger partial charge is 0.334 e. The number of nitrogens with one attached hydrogen (secondary N) is 1. The predicted molar refractivity (Wildman–Crippen MR) is 107 cm³/mol. The maximum atomic E-state index is 12.5. The molecule has 0 bridgehead atoms. The topological polar surface area (TPSA) is 85.8 Å². The van der Waals surface area contributed by atoms with Crippen LogP contribution >= 0.6 is 35.0 Å². The van der Waals surface area contributed by atoms with Crippen LogP contribution in [0.15, 0.2) is 52.4 Å². The smallest absolute Gasteiger partial charge is 0.315 e. The maximum Gasteiger partial charge on any atom is 0.315 e. The zero-order valence-electron chi connectivity index (χ0n) is 13.7. The second kappa shape index (κ2) is 7.99. The molecule has 0 radical (unpaired) electrons. The lowest BCUT2D eigenvalue weighted by Crippen LogP contribution is -2.32. The summed E-state index contributed by atoms with van der Waals surface area (Å²) in [5.74, 6) is 6.44. The molecule has 0 saturated carbocycles. The van der Waals surface area contributed by atoms with Gasteiger partial charge in [-0.1, -0.05) is 59.2 Å². The second-order valence-electron chi connectivity index (χ2n) is 5.42. The number of thioether (sulfide) groups is 1. The molecule has 9 heteroatoms. The summed E-state index contributed by atoms with van der Waals surface area (Å²) >= 11 is 13.5. The summed E-state index contributed by atoms with van der Waals surface area (Å²) in [4.78, 5) is 12.5. The van der Waals surface area contributed by atoms with Crippen molar-refractivity contribution in [3.05, 3.63) is 74.0 Å². The van der Waals surface area contributed by atoms with Gasteiger partial charge in [0.1, 0.15) is 0 Å². The molecule has 2 aromatic carbocycles. The fourth-order valence-corrected chi connectivity index (χ4v) is 3.50. The van der Waals surface area contributed by atoms with E-state index in [1.165, 1.54) is 11.8 Å². The van der Waals surface area contributed by atoms with Crippen molar-refractivity contribution in [3.8, 4) is 0 Å². The van der Waals surface area contributed by atoms with Gasteiger partial charge in [-0.2, -0.15) is 4.68 Å². The number of rotatable bonds is 5. The van der Waals surface area contributed by atoms with E-state index in [0.29, 0.717) is 26.6 Å². The Morgan fingerprint density at radius 2 is 1.85 bits per heavy atom. The van der Waals surface area contributed by atoms with E-state index in [9.17, 15) is 4.79 Å². The summed E-state index contributed by atoms with van der Waals surface area (Å²) in [7, 11) is 0. The molecule has 26 heavy (non-hydrogen) atoms. The number of benzene rings is 2. The lowest BCUT2D eigenvalue weighted by molar-refractivity contribution is 0.705. The molecule has 0 unspecified atom stereocenters. The molecule has 3 aromatic rings. The zero-order chi connectivity index (χ0) is 18.7. The quantitative estimate of drug-likeness (QED) is 0.490. The minimum absolute atomic E-state index is 0.0277. The molecule has 1 aromatic heterocycles. The molecule has 3 N–H and O–H groups in total. The highest BCUT2D eigenvalue weighted by Gasteiger charge is 2.13. The molecule has 0 atom stereocenters. The number of anilines is 2. The Kier molecular flexibility index (Phi) is 5.70. The SMILES string of the molecule is Cc1c(Cl)cccc1Nc1nnc(SCc2ccccc2Cl)n(N)c1=O. The van der Waals surface area contributed by atoms with E-state index >= 15 is 0 Å². The molecule has 3 rings (SSSR count). The van der Waals surface area contributed by atoms with Gasteiger partial charge in [-0.25, -0.2) is 0 Å². The van der Waals surface area contributed by atoms with Crippen molar-refractivity contribution in [3.63, 3.8) is 0 Å². The molecule has 0 fully saturated rings. The summed E-state index contributed by atoms with van der Waals surface area (Å²) in [5.41, 5.74) is 1.91. The Labute approximate surface area is 164 Å². The number of hydrogen-bond donors (Lipinski definition) is 2. The standard InChI is InChI=1S/C17H15Cl2N5OS/c1-10-12(18)7-4-8-14(10)21-15-16(25)24(20)17(23-22-15)26-9-11-5-2-3-6-13(11)19/h2-8H,9,20H2,1H3,(H,21,22). The van der Waals surface area contributed by atoms with Gasteiger partial charge < -0.3 is 11.2 Å². The Hall–Kier alpha value is -2.22. The van der Waals surface area contributed by atoms with Crippen LogP contribution in [0.25, 0.3) is 0 Å². The van der Waals surface area contributed by atoms with Gasteiger partial charge in [0.25, 0.3) is 0 Å². The number of hydrogen-bond acceptors (Lipinski definition) is 6. The van der Waals surface area contributed by atoms with Crippen molar-refractivity contribution in [2.45, 2.75) is 17.8 Å². The molecular formula is C17H15Cl2N5OS. The van der Waals surface area contributed by atoms with Crippen molar-refractivity contribution < 1.29 is 0 Å². The molecule has 0 aliphatic heterocycles. The van der Waals surface area contributed by atoms with Crippen LogP contribution in [-0.4, -0.2) is 14.9 Å². The van der Waals surface area contributed by atoms with Crippen molar-refractivity contribution in [1.82, 2.24) is 14.9 Å². The summed E-state index contributed by atoms with van der Waals surface area (Å²) in [6.07, 6.45) is 0. The average molecular weight is 408 g/mol. The summed E-state index contributed by atoms with van der Waals surface area (Å²) in [6.45, 7) is 1.84. The Balaban J connectivity index is 1.81. The molecular weight excluding hydrogens is 393 g/mol. The molecule has 0 aliphatic carbocycles. The van der Waals surface area contributed by atoms with Gasteiger partial charge in [0.15, 0.2) is 0 Å². The van der Waals surface area contributed by atoms with Gasteiger partial charge in [-0.05, 0) is 36.2 Å². The monoisotopic (exact) mass is 407 g/mol. The van der Waals surface area contributed by atoms with Gasteiger partial charge in [-0.15, -0.1) is 10.2 Å². The van der Waals surface area contributed by atoms with E-state index in [4.69, 9.17) is 29.0 Å². The third-order valence-corrected chi connectivity index (χ3v) is 5.47. The molecule has 6 nitrogen and oxygen atoms in total. The molecule has 0 amide bonds. The van der Waals surface area contributed by atoms with E-state index in [0.717, 1.165) is 15.8 Å². The van der Waals surface area contributed by atoms with Gasteiger partial charge >= 0.3 is 5.56 Å². The first kappa shape index (κ1) is 18.6. The van der Waals surface area contributed by atoms with Crippen molar-refractivity contribution in [1.29, 1.82) is 0 Å². The zero-order valence-corrected chi connectivity index (χ0v) is 16.1. The first-order valence-corrected chi connectivity index (χ1v) is 9.34. The Morgan fingerprint density at radius 1 is 1.12 bits per heavy atom. The van der Waals surface area contributed by atoms with Crippen LogP contribution in [0.2, 0.25) is 10.0 Å². The second-order valence-corrected chi connectivity index (χ2v) is 7.18. The van der Waals surface area contributed by atoms with Gasteiger partial charge in [0, 0.05) is 21.5 Å². The summed E-state index contributed by atoms with van der Waals surface area (Å²) in [5, 5.41) is 12.5. The molecule has 1 heterocycles. The number of nitrogens with two attached hydrogens (primary N) is 1. The van der Waals surface area contributed by atoms with Crippen LogP contribution in [0.3, 0.4) is 0 Å². The third kappa shape index (κ3) is 3.95. The minimum atomic E-state index is -0.485. The molecule has 0 spiro atoms. The van der Waals surface area contributed by atoms with Gasteiger partial charge in [-0.3, -0.25) is 4.79 Å². The van der Waals surface area contributed by atoms with Crippen LogP contribution in [0.4, 0.5) is 11.5 Å². The highest BCUT2D eigenvalue weighted by atomic mass is 35.5. The highest BCUT2D eigenvalue weighted by Crippen LogP contribution is 2.26. The summed E-state index contributed by atoms with van der Waals surface area (Å²) < 4.78 is 0.969. The fraction of sp³-hybridized carbons (Fsp3) is 0.118. The van der Waals surface area contributed by atoms with Crippen LogP contribution < -0.4 is 16.7 Å².